The molecule has 2 aliphatic rings. The van der Waals surface area contributed by atoms with Gasteiger partial charge in [-0.15, -0.1) is 0 Å². The molecule has 2 nitrogen and oxygen atoms in total. The summed E-state index contributed by atoms with van der Waals surface area (Å²) in [5.74, 6) is 1.78. The molecular weight excluding hydrogens is 233 g/mol. The first kappa shape index (κ1) is 11.7. The van der Waals surface area contributed by atoms with Gasteiger partial charge in [0.15, 0.2) is 0 Å². The van der Waals surface area contributed by atoms with Gasteiger partial charge in [0.2, 0.25) is 0 Å². The number of hydrogen-bond donors (Lipinski definition) is 0. The van der Waals surface area contributed by atoms with Crippen LogP contribution in [0.3, 0.4) is 0 Å². The average Bonchev–Trinajstić information content (AvgIpc) is 2.93. The topological polar surface area (TPSA) is 8.17 Å². The predicted molar refractivity (Wildman–Crippen MR) is 69.7 cm³/mol. The Hall–Kier alpha value is -1.39. The van der Waals surface area contributed by atoms with E-state index in [2.05, 4.69) is 6.92 Å². The molecule has 0 unspecified atom stereocenters. The molecule has 0 spiro atoms. The van der Waals surface area contributed by atoms with Crippen molar-refractivity contribution in [2.24, 2.45) is 0 Å². The van der Waals surface area contributed by atoms with E-state index in [0.717, 1.165) is 23.4 Å². The van der Waals surface area contributed by atoms with Crippen LogP contribution in [0.4, 0.5) is 8.78 Å². The van der Waals surface area contributed by atoms with E-state index in [1.54, 1.807) is 19.0 Å². The van der Waals surface area contributed by atoms with Gasteiger partial charge in [0.25, 0.3) is 0 Å². The molecule has 0 aromatic carbocycles. The summed E-state index contributed by atoms with van der Waals surface area (Å²) in [5.41, 5.74) is 1.93. The Balaban J connectivity index is 2.06. The minimum atomic E-state index is -2.95. The molecule has 18 heavy (non-hydrogen) atoms. The molecule has 0 aliphatic carbocycles. The Morgan fingerprint density at radius 1 is 1.39 bits per heavy atom. The number of rotatable bonds is 3. The van der Waals surface area contributed by atoms with Crippen LogP contribution in [0.1, 0.15) is 31.2 Å². The molecule has 0 fully saturated rings. The van der Waals surface area contributed by atoms with Gasteiger partial charge in [0.1, 0.15) is 0 Å². The van der Waals surface area contributed by atoms with Crippen molar-refractivity contribution in [2.75, 3.05) is 6.54 Å². The molecule has 0 saturated heterocycles. The van der Waals surface area contributed by atoms with Crippen LogP contribution in [-0.4, -0.2) is 28.9 Å². The monoisotopic (exact) mass is 248 g/mol. The fraction of sp³-hybridized carbons (Fsp3) is 0.462. The van der Waals surface area contributed by atoms with Crippen LogP contribution in [0.5, 0.6) is 0 Å². The Morgan fingerprint density at radius 3 is 3.00 bits per heavy atom. The Kier molecular flexibility index (Phi) is 2.65. The third-order valence-electron chi connectivity index (χ3n) is 3.56. The SMILES string of the molecule is CCCCc1ccc2n1C(F)(F)N1CC=BC1=C2. The van der Waals surface area contributed by atoms with Gasteiger partial charge < -0.3 is 0 Å². The van der Waals surface area contributed by atoms with E-state index in [0.29, 0.717) is 17.7 Å². The number of unbranched alkanes of at least 4 members (excludes halogenated alkanes) is 1. The maximum atomic E-state index is 14.5. The third-order valence-corrected chi connectivity index (χ3v) is 3.56. The second-order valence-corrected chi connectivity index (χ2v) is 4.78. The summed E-state index contributed by atoms with van der Waals surface area (Å²) in [5, 5.41) is 0. The van der Waals surface area contributed by atoms with Crippen molar-refractivity contribution in [1.82, 2.24) is 9.47 Å². The first-order valence-electron chi connectivity index (χ1n) is 6.39. The molecule has 2 aliphatic heterocycles. The van der Waals surface area contributed by atoms with Gasteiger partial charge >= 0.3 is 105 Å². The molecule has 5 heteroatoms. The van der Waals surface area contributed by atoms with Gasteiger partial charge in [-0.05, 0) is 0 Å². The van der Waals surface area contributed by atoms with Gasteiger partial charge in [-0.25, -0.2) is 0 Å². The first-order chi connectivity index (χ1) is 8.64. The number of halogens is 2. The van der Waals surface area contributed by atoms with Gasteiger partial charge in [0, 0.05) is 0 Å². The molecule has 0 N–H and O–H groups in total. The fourth-order valence-corrected chi connectivity index (χ4v) is 2.63. The molecular formula is C13H15BF2N2. The van der Waals surface area contributed by atoms with E-state index >= 15 is 0 Å². The van der Waals surface area contributed by atoms with Crippen LogP contribution in [0.15, 0.2) is 17.7 Å². The number of hydrogen-bond acceptors (Lipinski definition) is 1. The van der Waals surface area contributed by atoms with Crippen LogP contribution in [-0.2, 0) is 12.6 Å². The first-order valence-corrected chi connectivity index (χ1v) is 6.39. The minimum absolute atomic E-state index is 0.281. The zero-order valence-corrected chi connectivity index (χ0v) is 10.4. The van der Waals surface area contributed by atoms with Crippen molar-refractivity contribution >= 4 is 19.0 Å². The number of nitrogens with zero attached hydrogens (tertiary/aromatic N) is 2. The molecule has 0 amide bonds. The Labute approximate surface area is 106 Å². The quantitative estimate of drug-likeness (QED) is 0.589. The Bertz CT molecular complexity index is 531. The van der Waals surface area contributed by atoms with Crippen LogP contribution in [0.25, 0.3) is 6.08 Å². The van der Waals surface area contributed by atoms with Crippen LogP contribution >= 0.6 is 0 Å². The number of fused-ring (bicyclic) bond motifs is 2. The normalized spacial score (nSPS) is 19.3. The van der Waals surface area contributed by atoms with Crippen LogP contribution in [0, 0.1) is 0 Å². The molecule has 3 rings (SSSR count). The van der Waals surface area contributed by atoms with Crippen molar-refractivity contribution in [3.8, 4) is 0 Å². The van der Waals surface area contributed by atoms with E-state index in [9.17, 15) is 8.78 Å². The molecule has 1 aromatic rings. The van der Waals surface area contributed by atoms with Crippen molar-refractivity contribution < 1.29 is 8.78 Å². The van der Waals surface area contributed by atoms with E-state index < -0.39 is 6.17 Å². The standard InChI is InChI=1S/C13H15BF2N2/c1-2-3-4-10-5-6-11-9-12-14-7-8-17(12)13(15,16)18(10)11/h5-7,9H,2-4,8H2,1H3. The van der Waals surface area contributed by atoms with Crippen LogP contribution in [0.2, 0.25) is 0 Å². The molecule has 0 atom stereocenters. The van der Waals surface area contributed by atoms with E-state index in [4.69, 9.17) is 0 Å². The van der Waals surface area contributed by atoms with Crippen molar-refractivity contribution in [1.29, 1.82) is 0 Å². The number of aryl methyl sites for hydroxylation is 1. The molecule has 94 valence electrons. The van der Waals surface area contributed by atoms with Gasteiger partial charge in [-0.2, -0.15) is 0 Å². The summed E-state index contributed by atoms with van der Waals surface area (Å²) in [4.78, 5) is 1.15. The fourth-order valence-electron chi connectivity index (χ4n) is 2.63. The molecule has 1 aromatic heterocycles. The molecule has 0 radical (unpaired) electrons. The second kappa shape index (κ2) is 4.07. The van der Waals surface area contributed by atoms with Crippen molar-refractivity contribution in [3.05, 3.63) is 29.1 Å². The Morgan fingerprint density at radius 2 is 2.22 bits per heavy atom. The number of aromatic nitrogens is 1. The maximum absolute atomic E-state index is 14.5. The molecule has 3 heterocycles. The zero-order valence-electron chi connectivity index (χ0n) is 10.4. The summed E-state index contributed by atoms with van der Waals surface area (Å²) in [6, 6.07) is 3.61. The summed E-state index contributed by atoms with van der Waals surface area (Å²) < 4.78 is 30.1. The second-order valence-electron chi connectivity index (χ2n) is 4.78. The van der Waals surface area contributed by atoms with Crippen LogP contribution < -0.4 is 0 Å². The van der Waals surface area contributed by atoms with E-state index in [-0.39, 0.29) is 6.54 Å². The molecule has 0 saturated carbocycles. The van der Waals surface area contributed by atoms with E-state index in [1.807, 2.05) is 12.1 Å². The zero-order chi connectivity index (χ0) is 12.8. The molecule has 0 bridgehead atoms. The summed E-state index contributed by atoms with van der Waals surface area (Å²) in [6.45, 7) is 4.11. The van der Waals surface area contributed by atoms with E-state index in [1.165, 1.54) is 4.57 Å². The third kappa shape index (κ3) is 1.56. The van der Waals surface area contributed by atoms with Gasteiger partial charge in [-0.3, -0.25) is 0 Å². The summed E-state index contributed by atoms with van der Waals surface area (Å²) >= 11 is 0. The van der Waals surface area contributed by atoms with Crippen molar-refractivity contribution in [3.63, 3.8) is 0 Å². The average molecular weight is 248 g/mol. The number of alkyl halides is 2. The van der Waals surface area contributed by atoms with Crippen molar-refractivity contribution in [2.45, 2.75) is 32.4 Å². The van der Waals surface area contributed by atoms with Gasteiger partial charge in [-0.1, -0.05) is 0 Å². The predicted octanol–water partition coefficient (Wildman–Crippen LogP) is 2.47. The summed E-state index contributed by atoms with van der Waals surface area (Å²) in [6.07, 6.45) is 1.54. The van der Waals surface area contributed by atoms with Gasteiger partial charge in [0.05, 0.1) is 0 Å². The summed E-state index contributed by atoms with van der Waals surface area (Å²) in [7, 11) is 0.